The van der Waals surface area contributed by atoms with Crippen LogP contribution in [-0.2, 0) is 4.79 Å². The third-order valence-corrected chi connectivity index (χ3v) is 4.71. The molecule has 0 spiro atoms. The summed E-state index contributed by atoms with van der Waals surface area (Å²) in [7, 11) is 0. The van der Waals surface area contributed by atoms with Gasteiger partial charge in [-0.2, -0.15) is 4.98 Å². The lowest BCUT2D eigenvalue weighted by Gasteiger charge is -2.37. The van der Waals surface area contributed by atoms with Crippen molar-refractivity contribution in [3.8, 4) is 11.5 Å². The lowest BCUT2D eigenvalue weighted by molar-refractivity contribution is -0.145. The summed E-state index contributed by atoms with van der Waals surface area (Å²) in [5.41, 5.74) is 0. The van der Waals surface area contributed by atoms with E-state index in [1.807, 2.05) is 36.1 Å². The fourth-order valence-electron chi connectivity index (χ4n) is 3.43. The Morgan fingerprint density at radius 1 is 1.24 bits per heavy atom. The van der Waals surface area contributed by atoms with Gasteiger partial charge in [-0.25, -0.2) is 0 Å². The number of para-hydroxylation sites is 2. The number of amides is 1. The molecule has 1 fully saturated rings. The van der Waals surface area contributed by atoms with Crippen molar-refractivity contribution in [2.45, 2.75) is 44.8 Å². The lowest BCUT2D eigenvalue weighted by Crippen LogP contribution is -2.52. The number of aromatic nitrogens is 2. The van der Waals surface area contributed by atoms with Crippen LogP contribution in [0.25, 0.3) is 0 Å². The topological polar surface area (TPSA) is 77.7 Å². The van der Waals surface area contributed by atoms with E-state index < -0.39 is 6.10 Å². The summed E-state index contributed by atoms with van der Waals surface area (Å²) >= 11 is 0. The minimum absolute atomic E-state index is 0.0528. The first-order valence-electron chi connectivity index (χ1n) is 8.63. The fraction of sp³-hybridized carbons (Fsp3) is 0.500. The molecule has 3 heterocycles. The minimum atomic E-state index is -0.641. The van der Waals surface area contributed by atoms with Gasteiger partial charge in [-0.15, -0.1) is 0 Å². The predicted octanol–water partition coefficient (Wildman–Crippen LogP) is 2.31. The molecule has 1 aromatic heterocycles. The Morgan fingerprint density at radius 2 is 2.00 bits per heavy atom. The Balaban J connectivity index is 1.49. The van der Waals surface area contributed by atoms with Gasteiger partial charge in [0, 0.05) is 13.1 Å². The van der Waals surface area contributed by atoms with E-state index in [-0.39, 0.29) is 17.9 Å². The maximum Gasteiger partial charge on any atom is 0.267 e. The van der Waals surface area contributed by atoms with Crippen molar-refractivity contribution in [2.75, 3.05) is 13.1 Å². The average molecular weight is 343 g/mol. The molecule has 3 atom stereocenters. The van der Waals surface area contributed by atoms with Gasteiger partial charge in [-0.3, -0.25) is 4.79 Å². The van der Waals surface area contributed by atoms with Crippen molar-refractivity contribution in [3.05, 3.63) is 36.0 Å². The van der Waals surface area contributed by atoms with Crippen molar-refractivity contribution in [1.29, 1.82) is 0 Å². The largest absolute Gasteiger partial charge is 0.482 e. The van der Waals surface area contributed by atoms with Gasteiger partial charge in [0.05, 0.1) is 5.92 Å². The first-order valence-corrected chi connectivity index (χ1v) is 8.63. The van der Waals surface area contributed by atoms with Crippen molar-refractivity contribution < 1.29 is 18.8 Å². The predicted molar refractivity (Wildman–Crippen MR) is 88.5 cm³/mol. The third-order valence-electron chi connectivity index (χ3n) is 4.71. The lowest BCUT2D eigenvalue weighted by atomic mass is 9.97. The highest BCUT2D eigenvalue weighted by atomic mass is 16.6. The number of benzene rings is 1. The van der Waals surface area contributed by atoms with E-state index in [1.54, 1.807) is 6.92 Å². The quantitative estimate of drug-likeness (QED) is 0.833. The van der Waals surface area contributed by atoms with Crippen LogP contribution in [-0.4, -0.2) is 46.2 Å². The Morgan fingerprint density at radius 3 is 2.72 bits per heavy atom. The Hall–Kier alpha value is -2.57. The monoisotopic (exact) mass is 343 g/mol. The molecule has 2 aliphatic heterocycles. The standard InChI is InChI=1S/C18H21N3O4/c1-11-16(24-15-8-4-3-7-14(15)23-11)18(22)21-9-5-6-13(10-21)17-19-12(2)20-25-17/h3-4,7-8,11,13,16H,5-6,9-10H2,1-2H3/t11-,13-,16+/m1/s1. The van der Waals surface area contributed by atoms with Gasteiger partial charge < -0.3 is 18.9 Å². The van der Waals surface area contributed by atoms with E-state index in [4.69, 9.17) is 14.0 Å². The highest BCUT2D eigenvalue weighted by Crippen LogP contribution is 2.34. The molecule has 0 N–H and O–H groups in total. The van der Waals surface area contributed by atoms with Crippen LogP contribution in [0.1, 0.15) is 37.4 Å². The molecule has 1 amide bonds. The number of likely N-dealkylation sites (tertiary alicyclic amines) is 1. The second kappa shape index (κ2) is 6.38. The van der Waals surface area contributed by atoms with E-state index in [0.29, 0.717) is 36.3 Å². The smallest absolute Gasteiger partial charge is 0.267 e. The van der Waals surface area contributed by atoms with Crippen LogP contribution in [0.15, 0.2) is 28.8 Å². The van der Waals surface area contributed by atoms with Crippen LogP contribution < -0.4 is 9.47 Å². The van der Waals surface area contributed by atoms with Crippen LogP contribution in [0.2, 0.25) is 0 Å². The van der Waals surface area contributed by atoms with Crippen molar-refractivity contribution in [2.24, 2.45) is 0 Å². The third kappa shape index (κ3) is 3.06. The number of fused-ring (bicyclic) bond motifs is 1. The van der Waals surface area contributed by atoms with Crippen molar-refractivity contribution >= 4 is 5.91 Å². The molecular formula is C18H21N3O4. The summed E-state index contributed by atoms with van der Waals surface area (Å²) in [5.74, 6) is 2.53. The molecule has 7 heteroatoms. The van der Waals surface area contributed by atoms with Crippen LogP contribution >= 0.6 is 0 Å². The number of carbonyl (C=O) groups is 1. The molecule has 1 saturated heterocycles. The van der Waals surface area contributed by atoms with E-state index >= 15 is 0 Å². The second-order valence-electron chi connectivity index (χ2n) is 6.61. The molecule has 132 valence electrons. The average Bonchev–Trinajstić information content (AvgIpc) is 3.07. The normalized spacial score (nSPS) is 25.7. The van der Waals surface area contributed by atoms with Crippen molar-refractivity contribution in [1.82, 2.24) is 15.0 Å². The van der Waals surface area contributed by atoms with Crippen LogP contribution in [0.4, 0.5) is 0 Å². The molecule has 2 aromatic rings. The zero-order valence-electron chi connectivity index (χ0n) is 14.3. The molecule has 7 nitrogen and oxygen atoms in total. The Kier molecular flexibility index (Phi) is 4.07. The second-order valence-corrected chi connectivity index (χ2v) is 6.61. The molecule has 0 saturated carbocycles. The summed E-state index contributed by atoms with van der Waals surface area (Å²) in [6.07, 6.45) is 0.855. The summed E-state index contributed by atoms with van der Waals surface area (Å²) < 4.78 is 17.1. The number of nitrogens with zero attached hydrogens (tertiary/aromatic N) is 3. The maximum absolute atomic E-state index is 13.0. The highest BCUT2D eigenvalue weighted by molar-refractivity contribution is 5.82. The van der Waals surface area contributed by atoms with Gasteiger partial charge in [0.15, 0.2) is 17.3 Å². The van der Waals surface area contributed by atoms with Gasteiger partial charge in [0.1, 0.15) is 6.10 Å². The molecule has 0 radical (unpaired) electrons. The molecule has 0 aliphatic carbocycles. The Bertz CT molecular complexity index is 775. The van der Waals surface area contributed by atoms with Gasteiger partial charge in [0.2, 0.25) is 12.0 Å². The van der Waals surface area contributed by atoms with E-state index in [0.717, 1.165) is 12.8 Å². The maximum atomic E-state index is 13.0. The van der Waals surface area contributed by atoms with Crippen LogP contribution in [0.3, 0.4) is 0 Å². The molecule has 0 unspecified atom stereocenters. The van der Waals surface area contributed by atoms with Crippen molar-refractivity contribution in [3.63, 3.8) is 0 Å². The van der Waals surface area contributed by atoms with E-state index in [9.17, 15) is 4.79 Å². The number of aryl methyl sites for hydroxylation is 1. The zero-order chi connectivity index (χ0) is 17.4. The summed E-state index contributed by atoms with van der Waals surface area (Å²) in [6.45, 7) is 4.93. The van der Waals surface area contributed by atoms with E-state index in [2.05, 4.69) is 10.1 Å². The summed E-state index contributed by atoms with van der Waals surface area (Å²) in [4.78, 5) is 19.1. The Labute approximate surface area is 145 Å². The SMILES string of the molecule is Cc1noc([C@@H]2CCCN(C(=O)[C@H]3Oc4ccccc4O[C@@H]3C)C2)n1. The summed E-state index contributed by atoms with van der Waals surface area (Å²) in [6, 6.07) is 7.43. The number of ether oxygens (including phenoxy) is 2. The number of rotatable bonds is 2. The number of hydrogen-bond donors (Lipinski definition) is 0. The highest BCUT2D eigenvalue weighted by Gasteiger charge is 2.39. The first kappa shape index (κ1) is 15.9. The van der Waals surface area contributed by atoms with Gasteiger partial charge >= 0.3 is 0 Å². The molecule has 1 aromatic carbocycles. The molecule has 4 rings (SSSR count). The summed E-state index contributed by atoms with van der Waals surface area (Å²) in [5, 5.41) is 3.85. The number of carbonyl (C=O) groups excluding carboxylic acids is 1. The fourth-order valence-corrected chi connectivity index (χ4v) is 3.43. The number of hydrogen-bond acceptors (Lipinski definition) is 6. The molecule has 25 heavy (non-hydrogen) atoms. The van der Waals surface area contributed by atoms with E-state index in [1.165, 1.54) is 0 Å². The van der Waals surface area contributed by atoms with Gasteiger partial charge in [0.25, 0.3) is 5.91 Å². The van der Waals surface area contributed by atoms with Gasteiger partial charge in [-0.05, 0) is 38.8 Å². The molecule has 0 bridgehead atoms. The first-order chi connectivity index (χ1) is 12.1. The number of piperidine rings is 1. The minimum Gasteiger partial charge on any atom is -0.482 e. The molecule has 2 aliphatic rings. The van der Waals surface area contributed by atoms with Gasteiger partial charge in [-0.1, -0.05) is 17.3 Å². The van der Waals surface area contributed by atoms with Crippen LogP contribution in [0, 0.1) is 6.92 Å². The molecular weight excluding hydrogens is 322 g/mol. The van der Waals surface area contributed by atoms with Crippen LogP contribution in [0.5, 0.6) is 11.5 Å². The zero-order valence-corrected chi connectivity index (χ0v) is 14.3.